The summed E-state index contributed by atoms with van der Waals surface area (Å²) in [5, 5.41) is 3.66. The van der Waals surface area contributed by atoms with Gasteiger partial charge in [0.15, 0.2) is 0 Å². The Balaban J connectivity index is 2.24. The first-order valence-corrected chi connectivity index (χ1v) is 6.00. The molecule has 2 nitrogen and oxygen atoms in total. The van der Waals surface area contributed by atoms with E-state index in [0.717, 1.165) is 17.2 Å². The van der Waals surface area contributed by atoms with Crippen LogP contribution in [0.2, 0.25) is 5.02 Å². The lowest BCUT2D eigenvalue weighted by atomic mass is 10.1. The molecular formula is C11H10ClNOS. The average Bonchev–Trinajstić information content (AvgIpc) is 2.29. The van der Waals surface area contributed by atoms with Crippen LogP contribution >= 0.6 is 23.4 Å². The molecular weight excluding hydrogens is 230 g/mol. The molecule has 1 aliphatic rings. The van der Waals surface area contributed by atoms with Crippen molar-refractivity contribution in [3.05, 3.63) is 46.0 Å². The smallest absolute Gasteiger partial charge is 0.200 e. The summed E-state index contributed by atoms with van der Waals surface area (Å²) in [6.07, 6.45) is 1.78. The molecule has 1 aromatic carbocycles. The molecule has 1 N–H and O–H groups in total. The van der Waals surface area contributed by atoms with Gasteiger partial charge in [0, 0.05) is 29.1 Å². The van der Waals surface area contributed by atoms with Crippen molar-refractivity contribution < 1.29 is 4.79 Å². The number of rotatable bonds is 2. The van der Waals surface area contributed by atoms with E-state index in [1.165, 1.54) is 0 Å². The van der Waals surface area contributed by atoms with Crippen LogP contribution in [0.3, 0.4) is 0 Å². The second-order valence-electron chi connectivity index (χ2n) is 3.15. The molecule has 4 heteroatoms. The van der Waals surface area contributed by atoms with Gasteiger partial charge in [-0.25, -0.2) is 0 Å². The number of hydrogen-bond donors (Lipinski definition) is 1. The van der Waals surface area contributed by atoms with Crippen LogP contribution in [0.25, 0.3) is 0 Å². The molecule has 1 heterocycles. The Hall–Kier alpha value is -0.930. The van der Waals surface area contributed by atoms with Crippen molar-refractivity contribution >= 4 is 29.1 Å². The van der Waals surface area contributed by atoms with Gasteiger partial charge in [-0.3, -0.25) is 4.79 Å². The predicted molar refractivity (Wildman–Crippen MR) is 64.3 cm³/mol. The lowest BCUT2D eigenvalue weighted by molar-refractivity contribution is 0.104. The summed E-state index contributed by atoms with van der Waals surface area (Å²) in [5.74, 6) is 0.965. The minimum absolute atomic E-state index is 0.0368. The van der Waals surface area contributed by atoms with Crippen LogP contribution in [-0.4, -0.2) is 18.1 Å². The van der Waals surface area contributed by atoms with Gasteiger partial charge in [0.05, 0.1) is 4.91 Å². The monoisotopic (exact) mass is 239 g/mol. The van der Waals surface area contributed by atoms with Gasteiger partial charge in [-0.1, -0.05) is 23.7 Å². The Morgan fingerprint density at radius 2 is 2.33 bits per heavy atom. The standard InChI is InChI=1S/C11H10ClNOS/c12-9-3-1-2-8(6-9)11(14)10-7-13-4-5-15-10/h1-3,6-7,13H,4-5H2. The fourth-order valence-corrected chi connectivity index (χ4v) is 2.38. The molecule has 1 aliphatic heterocycles. The molecule has 0 spiro atoms. The number of carbonyl (C=O) groups excluding carboxylic acids is 1. The molecule has 1 aromatic rings. The quantitative estimate of drug-likeness (QED) is 0.805. The molecule has 0 atom stereocenters. The highest BCUT2D eigenvalue weighted by molar-refractivity contribution is 8.04. The van der Waals surface area contributed by atoms with Crippen molar-refractivity contribution in [2.75, 3.05) is 12.3 Å². The maximum absolute atomic E-state index is 12.0. The highest BCUT2D eigenvalue weighted by Crippen LogP contribution is 2.23. The van der Waals surface area contributed by atoms with Crippen molar-refractivity contribution in [1.82, 2.24) is 5.32 Å². The van der Waals surface area contributed by atoms with Crippen LogP contribution in [0.1, 0.15) is 10.4 Å². The Morgan fingerprint density at radius 3 is 3.00 bits per heavy atom. The molecule has 0 aromatic heterocycles. The summed E-state index contributed by atoms with van der Waals surface area (Å²) >= 11 is 7.41. The molecule has 0 unspecified atom stereocenters. The zero-order valence-corrected chi connectivity index (χ0v) is 9.57. The lowest BCUT2D eigenvalue weighted by Crippen LogP contribution is -2.18. The van der Waals surface area contributed by atoms with E-state index in [9.17, 15) is 4.79 Å². The first-order chi connectivity index (χ1) is 7.27. The van der Waals surface area contributed by atoms with Gasteiger partial charge >= 0.3 is 0 Å². The molecule has 0 saturated heterocycles. The molecule has 0 amide bonds. The molecule has 15 heavy (non-hydrogen) atoms. The molecule has 0 aliphatic carbocycles. The average molecular weight is 240 g/mol. The Kier molecular flexibility index (Phi) is 3.34. The molecule has 0 radical (unpaired) electrons. The maximum Gasteiger partial charge on any atom is 0.200 e. The first kappa shape index (κ1) is 10.6. The van der Waals surface area contributed by atoms with Gasteiger partial charge in [0.25, 0.3) is 0 Å². The Labute approximate surface area is 97.7 Å². The minimum Gasteiger partial charge on any atom is -0.389 e. The maximum atomic E-state index is 12.0. The number of Topliss-reactive ketones (excluding diaryl/α,β-unsaturated/α-hetero) is 1. The summed E-state index contributed by atoms with van der Waals surface area (Å²) in [5.41, 5.74) is 0.643. The van der Waals surface area contributed by atoms with Gasteiger partial charge in [-0.15, -0.1) is 11.8 Å². The van der Waals surface area contributed by atoms with Gasteiger partial charge in [-0.2, -0.15) is 0 Å². The molecule has 0 bridgehead atoms. The van der Waals surface area contributed by atoms with Crippen molar-refractivity contribution in [3.63, 3.8) is 0 Å². The predicted octanol–water partition coefficient (Wildman–Crippen LogP) is 2.70. The minimum atomic E-state index is 0.0368. The number of benzene rings is 1. The summed E-state index contributed by atoms with van der Waals surface area (Å²) in [6, 6.07) is 7.03. The fraction of sp³-hybridized carbons (Fsp3) is 0.182. The van der Waals surface area contributed by atoms with Crippen LogP contribution in [-0.2, 0) is 0 Å². The Bertz CT molecular complexity index is 417. The molecule has 0 fully saturated rings. The van der Waals surface area contributed by atoms with E-state index in [0.29, 0.717) is 10.6 Å². The number of hydrogen-bond acceptors (Lipinski definition) is 3. The summed E-state index contributed by atoms with van der Waals surface area (Å²) < 4.78 is 0. The summed E-state index contributed by atoms with van der Waals surface area (Å²) in [4.78, 5) is 12.7. The van der Waals surface area contributed by atoms with E-state index < -0.39 is 0 Å². The van der Waals surface area contributed by atoms with Crippen molar-refractivity contribution in [2.45, 2.75) is 0 Å². The zero-order valence-electron chi connectivity index (χ0n) is 8.00. The highest BCUT2D eigenvalue weighted by atomic mass is 35.5. The number of thioether (sulfide) groups is 1. The van der Waals surface area contributed by atoms with Crippen molar-refractivity contribution in [1.29, 1.82) is 0 Å². The third-order valence-corrected chi connectivity index (χ3v) is 3.31. The van der Waals surface area contributed by atoms with Gasteiger partial charge in [0.1, 0.15) is 0 Å². The lowest BCUT2D eigenvalue weighted by Gasteiger charge is -2.12. The van der Waals surface area contributed by atoms with Crippen LogP contribution in [0.5, 0.6) is 0 Å². The highest BCUT2D eigenvalue weighted by Gasteiger charge is 2.14. The van der Waals surface area contributed by atoms with E-state index in [4.69, 9.17) is 11.6 Å². The largest absolute Gasteiger partial charge is 0.389 e. The first-order valence-electron chi connectivity index (χ1n) is 4.64. The molecule has 0 saturated carbocycles. The topological polar surface area (TPSA) is 29.1 Å². The molecule has 2 rings (SSSR count). The fourth-order valence-electron chi connectivity index (χ4n) is 1.33. The van der Waals surface area contributed by atoms with Gasteiger partial charge < -0.3 is 5.32 Å². The van der Waals surface area contributed by atoms with Gasteiger partial charge in [0.2, 0.25) is 5.78 Å². The van der Waals surface area contributed by atoms with Crippen LogP contribution in [0, 0.1) is 0 Å². The van der Waals surface area contributed by atoms with E-state index >= 15 is 0 Å². The number of allylic oxidation sites excluding steroid dienone is 1. The third-order valence-electron chi connectivity index (χ3n) is 2.05. The summed E-state index contributed by atoms with van der Waals surface area (Å²) in [6.45, 7) is 0.914. The number of carbonyl (C=O) groups is 1. The second kappa shape index (κ2) is 4.73. The van der Waals surface area contributed by atoms with Crippen LogP contribution in [0.15, 0.2) is 35.4 Å². The normalized spacial score (nSPS) is 15.4. The van der Waals surface area contributed by atoms with E-state index in [1.54, 1.807) is 42.2 Å². The van der Waals surface area contributed by atoms with Crippen molar-refractivity contribution in [3.8, 4) is 0 Å². The number of halogens is 1. The van der Waals surface area contributed by atoms with E-state index in [-0.39, 0.29) is 5.78 Å². The van der Waals surface area contributed by atoms with Crippen molar-refractivity contribution in [2.24, 2.45) is 0 Å². The third kappa shape index (κ3) is 2.55. The van der Waals surface area contributed by atoms with Crippen LogP contribution in [0.4, 0.5) is 0 Å². The van der Waals surface area contributed by atoms with Crippen LogP contribution < -0.4 is 5.32 Å². The summed E-state index contributed by atoms with van der Waals surface area (Å²) in [7, 11) is 0. The SMILES string of the molecule is O=C(C1=CNCCS1)c1cccc(Cl)c1. The number of nitrogens with one attached hydrogen (secondary N) is 1. The number of ketones is 1. The van der Waals surface area contributed by atoms with E-state index in [2.05, 4.69) is 5.32 Å². The van der Waals surface area contributed by atoms with Gasteiger partial charge in [-0.05, 0) is 12.1 Å². The zero-order chi connectivity index (χ0) is 10.7. The van der Waals surface area contributed by atoms with E-state index in [1.807, 2.05) is 0 Å². The second-order valence-corrected chi connectivity index (χ2v) is 4.72. The Morgan fingerprint density at radius 1 is 1.47 bits per heavy atom. The molecule has 78 valence electrons.